The van der Waals surface area contributed by atoms with E-state index in [9.17, 15) is 18.0 Å². The molecule has 0 spiro atoms. The van der Waals surface area contributed by atoms with Gasteiger partial charge in [-0.1, -0.05) is 11.6 Å². The minimum absolute atomic E-state index is 0.0493. The molecule has 7 heteroatoms. The Morgan fingerprint density at radius 2 is 2.06 bits per heavy atom. The summed E-state index contributed by atoms with van der Waals surface area (Å²) in [5.74, 6) is -1.73. The standard InChI is InChI=1S/C11H6ClF3O3/c12-6-1-2-8-5(3-6)4-7(10(16)17)9(18-8)11(13,14)15/h1-4,9H,(H,16,17)/t9-/m1/s1. The molecule has 0 fully saturated rings. The highest BCUT2D eigenvalue weighted by molar-refractivity contribution is 6.30. The average molecular weight is 279 g/mol. The molecule has 0 aliphatic carbocycles. The van der Waals surface area contributed by atoms with E-state index >= 15 is 0 Å². The highest BCUT2D eigenvalue weighted by atomic mass is 35.5. The number of fused-ring (bicyclic) bond motifs is 1. The number of ether oxygens (including phenoxy) is 1. The second-order valence-electron chi connectivity index (χ2n) is 3.63. The van der Waals surface area contributed by atoms with Crippen LogP contribution in [-0.2, 0) is 4.79 Å². The smallest absolute Gasteiger partial charge is 0.430 e. The zero-order valence-corrected chi connectivity index (χ0v) is 9.42. The first-order valence-electron chi connectivity index (χ1n) is 4.77. The number of benzene rings is 1. The topological polar surface area (TPSA) is 46.5 Å². The number of rotatable bonds is 1. The van der Waals surface area contributed by atoms with Crippen molar-refractivity contribution in [2.45, 2.75) is 12.3 Å². The number of carbonyl (C=O) groups is 1. The quantitative estimate of drug-likeness (QED) is 0.858. The number of alkyl halides is 3. The minimum Gasteiger partial charge on any atom is -0.478 e. The number of carboxylic acid groups (broad SMARTS) is 1. The molecule has 3 nitrogen and oxygen atoms in total. The highest BCUT2D eigenvalue weighted by Gasteiger charge is 2.48. The van der Waals surface area contributed by atoms with Gasteiger partial charge in [0.15, 0.2) is 0 Å². The predicted octanol–water partition coefficient (Wildman–Crippen LogP) is 3.13. The highest BCUT2D eigenvalue weighted by Crippen LogP contribution is 2.38. The first-order chi connectivity index (χ1) is 8.29. The summed E-state index contributed by atoms with van der Waals surface area (Å²) in [6, 6.07) is 3.98. The predicted molar refractivity (Wildman–Crippen MR) is 57.5 cm³/mol. The lowest BCUT2D eigenvalue weighted by Crippen LogP contribution is -2.40. The van der Waals surface area contributed by atoms with Crippen molar-refractivity contribution in [3.8, 4) is 5.75 Å². The number of aliphatic carboxylic acids is 1. The van der Waals surface area contributed by atoms with E-state index in [1.807, 2.05) is 0 Å². The van der Waals surface area contributed by atoms with Crippen molar-refractivity contribution in [3.05, 3.63) is 34.4 Å². The molecule has 0 unspecified atom stereocenters. The van der Waals surface area contributed by atoms with E-state index in [1.165, 1.54) is 18.2 Å². The van der Waals surface area contributed by atoms with Gasteiger partial charge in [-0.05, 0) is 24.3 Å². The molecule has 0 radical (unpaired) electrons. The van der Waals surface area contributed by atoms with Gasteiger partial charge in [-0.15, -0.1) is 0 Å². The molecule has 1 aromatic rings. The fourth-order valence-corrected chi connectivity index (χ4v) is 1.77. The van der Waals surface area contributed by atoms with Gasteiger partial charge in [0.2, 0.25) is 6.10 Å². The first-order valence-corrected chi connectivity index (χ1v) is 5.14. The van der Waals surface area contributed by atoms with E-state index in [-0.39, 0.29) is 16.3 Å². The molecule has 0 saturated carbocycles. The first kappa shape index (κ1) is 12.8. The third-order valence-corrected chi connectivity index (χ3v) is 2.59. The average Bonchev–Trinajstić information content (AvgIpc) is 2.25. The van der Waals surface area contributed by atoms with E-state index in [0.717, 1.165) is 6.08 Å². The van der Waals surface area contributed by atoms with Crippen molar-refractivity contribution >= 4 is 23.6 Å². The summed E-state index contributed by atoms with van der Waals surface area (Å²) < 4.78 is 42.7. The maximum Gasteiger partial charge on any atom is 0.430 e. The van der Waals surface area contributed by atoms with Crippen molar-refractivity contribution in [3.63, 3.8) is 0 Å². The summed E-state index contributed by atoms with van der Waals surface area (Å²) >= 11 is 5.68. The molecule has 0 saturated heterocycles. The molecule has 1 heterocycles. The van der Waals surface area contributed by atoms with Crippen LogP contribution in [0.3, 0.4) is 0 Å². The molecule has 2 rings (SSSR count). The Balaban J connectivity index is 2.53. The van der Waals surface area contributed by atoms with Crippen LogP contribution in [0.4, 0.5) is 13.2 Å². The summed E-state index contributed by atoms with van der Waals surface area (Å²) in [5, 5.41) is 9.07. The Bertz CT molecular complexity index is 537. The summed E-state index contributed by atoms with van der Waals surface area (Å²) in [6.45, 7) is 0. The van der Waals surface area contributed by atoms with Crippen molar-refractivity contribution < 1.29 is 27.8 Å². The maximum atomic E-state index is 12.7. The summed E-state index contributed by atoms with van der Waals surface area (Å²) in [6.07, 6.45) is -6.34. The lowest BCUT2D eigenvalue weighted by molar-refractivity contribution is -0.187. The maximum absolute atomic E-state index is 12.7. The molecule has 1 aromatic carbocycles. The van der Waals surface area contributed by atoms with E-state index in [1.54, 1.807) is 0 Å². The number of hydrogen-bond acceptors (Lipinski definition) is 2. The largest absolute Gasteiger partial charge is 0.478 e. The Labute approximate surface area is 104 Å². The third-order valence-electron chi connectivity index (χ3n) is 2.35. The summed E-state index contributed by atoms with van der Waals surface area (Å²) in [4.78, 5) is 10.8. The van der Waals surface area contributed by atoms with Gasteiger partial charge in [0.05, 0.1) is 5.57 Å². The second-order valence-corrected chi connectivity index (χ2v) is 4.06. The SMILES string of the molecule is O=C(O)C1=Cc2cc(Cl)ccc2O[C@H]1C(F)(F)F. The van der Waals surface area contributed by atoms with E-state index in [0.29, 0.717) is 0 Å². The van der Waals surface area contributed by atoms with Crippen LogP contribution < -0.4 is 4.74 Å². The Hall–Kier alpha value is -1.69. The molecular formula is C11H6ClF3O3. The molecule has 0 aromatic heterocycles. The van der Waals surface area contributed by atoms with E-state index in [2.05, 4.69) is 0 Å². The molecule has 18 heavy (non-hydrogen) atoms. The van der Waals surface area contributed by atoms with Crippen molar-refractivity contribution in [2.75, 3.05) is 0 Å². The monoisotopic (exact) mass is 278 g/mol. The van der Waals surface area contributed by atoms with E-state index < -0.39 is 23.8 Å². The van der Waals surface area contributed by atoms with Crippen molar-refractivity contribution in [1.29, 1.82) is 0 Å². The van der Waals surface area contributed by atoms with Gasteiger partial charge in [0.25, 0.3) is 0 Å². The number of halogens is 4. The van der Waals surface area contributed by atoms with Gasteiger partial charge in [-0.25, -0.2) is 4.79 Å². The summed E-state index contributed by atoms with van der Waals surface area (Å²) in [7, 11) is 0. The molecule has 1 aliphatic heterocycles. The zero-order valence-electron chi connectivity index (χ0n) is 8.66. The number of carboxylic acids is 1. The van der Waals surface area contributed by atoms with Crippen molar-refractivity contribution in [2.24, 2.45) is 0 Å². The number of hydrogen-bond donors (Lipinski definition) is 1. The normalized spacial score (nSPS) is 18.7. The minimum atomic E-state index is -4.79. The third kappa shape index (κ3) is 2.28. The van der Waals surface area contributed by atoms with Crippen molar-refractivity contribution in [1.82, 2.24) is 0 Å². The summed E-state index contributed by atoms with van der Waals surface area (Å²) in [5.41, 5.74) is -0.655. The molecule has 0 amide bonds. The van der Waals surface area contributed by atoms with Crippen LogP contribution in [0.25, 0.3) is 6.08 Å². The van der Waals surface area contributed by atoms with Gasteiger partial charge >= 0.3 is 12.1 Å². The van der Waals surface area contributed by atoms with Crippen LogP contribution >= 0.6 is 11.6 Å². The molecular weight excluding hydrogens is 273 g/mol. The Morgan fingerprint density at radius 3 is 2.61 bits per heavy atom. The molecule has 0 bridgehead atoms. The van der Waals surface area contributed by atoms with E-state index in [4.69, 9.17) is 21.4 Å². The molecule has 1 N–H and O–H groups in total. The lowest BCUT2D eigenvalue weighted by Gasteiger charge is -2.26. The zero-order chi connectivity index (χ0) is 13.5. The van der Waals surface area contributed by atoms with Gasteiger partial charge in [0, 0.05) is 10.6 Å². The molecule has 96 valence electrons. The van der Waals surface area contributed by atoms with Crippen LogP contribution in [-0.4, -0.2) is 23.4 Å². The molecule has 1 atom stereocenters. The fraction of sp³-hybridized carbons (Fsp3) is 0.182. The van der Waals surface area contributed by atoms with Crippen LogP contribution in [0.15, 0.2) is 23.8 Å². The van der Waals surface area contributed by atoms with Gasteiger partial charge in [-0.2, -0.15) is 13.2 Å². The van der Waals surface area contributed by atoms with Crippen LogP contribution in [0, 0.1) is 0 Å². The van der Waals surface area contributed by atoms with Gasteiger partial charge in [0.1, 0.15) is 5.75 Å². The second kappa shape index (κ2) is 4.20. The Morgan fingerprint density at radius 1 is 1.39 bits per heavy atom. The van der Waals surface area contributed by atoms with Crippen LogP contribution in [0.2, 0.25) is 5.02 Å². The van der Waals surface area contributed by atoms with Gasteiger partial charge in [-0.3, -0.25) is 0 Å². The lowest BCUT2D eigenvalue weighted by atomic mass is 10.0. The van der Waals surface area contributed by atoms with Crippen LogP contribution in [0.1, 0.15) is 5.56 Å². The van der Waals surface area contributed by atoms with Gasteiger partial charge < -0.3 is 9.84 Å². The fourth-order valence-electron chi connectivity index (χ4n) is 1.59. The molecule has 1 aliphatic rings. The van der Waals surface area contributed by atoms with Crippen LogP contribution in [0.5, 0.6) is 5.75 Å². The Kier molecular flexibility index (Phi) is 2.98.